The predicted molar refractivity (Wildman–Crippen MR) is 198 cm³/mol. The third-order valence-electron chi connectivity index (χ3n) is 9.08. The number of alkyl carbamates (subject to hydrolysis) is 1. The largest absolute Gasteiger partial charge is 0.495 e. The van der Waals surface area contributed by atoms with Crippen LogP contribution >= 0.6 is 24.2 Å². The van der Waals surface area contributed by atoms with Crippen molar-refractivity contribution in [3.05, 3.63) is 52.1 Å². The number of nitrogens with one attached hydrogen (secondary N) is 1. The standard InChI is InChI=1S/C37H55ClN2O10S/c1-21(2)29-20-37(46,39-35(44)49-29)30(48-10)13-11-12-22(3)16-25-17-26(33(38)28(18-25)47-9)23(4)27(41)19-31(36(6,7)45)50-34(43)24(5)40(8)32(42)14-15-51/h11-13,17-18,21,23-24,29-31,45-46,51H,14-16,19-20H2,1-10H3,(H,39,44)/b13-11+,22-12+. The van der Waals surface area contributed by atoms with Crippen LogP contribution in [0, 0.1) is 5.92 Å². The number of cyclic esters (lactones) is 1. The summed E-state index contributed by atoms with van der Waals surface area (Å²) >= 11 is 10.8. The third kappa shape index (κ3) is 12.2. The summed E-state index contributed by atoms with van der Waals surface area (Å²) in [6, 6.07) is 2.65. The van der Waals surface area contributed by atoms with Crippen LogP contribution in [0.15, 0.2) is 35.9 Å². The number of halogens is 1. The Kier molecular flexibility index (Phi) is 16.5. The molecule has 0 aliphatic carbocycles. The van der Waals surface area contributed by atoms with E-state index < -0.39 is 53.7 Å². The summed E-state index contributed by atoms with van der Waals surface area (Å²) in [5.74, 6) is -1.43. The fraction of sp³-hybridized carbons (Fsp3) is 0.622. The van der Waals surface area contributed by atoms with Crippen LogP contribution in [0.25, 0.3) is 0 Å². The molecule has 12 nitrogen and oxygen atoms in total. The van der Waals surface area contributed by atoms with Crippen LogP contribution in [-0.2, 0) is 35.0 Å². The fourth-order valence-corrected chi connectivity index (χ4v) is 6.08. The highest BCUT2D eigenvalue weighted by atomic mass is 35.5. The highest BCUT2D eigenvalue weighted by Crippen LogP contribution is 2.37. The number of carbonyl (C=O) groups is 4. The maximum Gasteiger partial charge on any atom is 0.409 e. The minimum Gasteiger partial charge on any atom is -0.495 e. The van der Waals surface area contributed by atoms with Gasteiger partial charge in [0.25, 0.3) is 0 Å². The van der Waals surface area contributed by atoms with Crippen molar-refractivity contribution in [3.63, 3.8) is 0 Å². The number of ketones is 1. The molecule has 1 heterocycles. The number of carbonyl (C=O) groups excluding carboxylic acids is 4. The molecular formula is C37H55ClN2O10S. The first kappa shape index (κ1) is 44.1. The van der Waals surface area contributed by atoms with E-state index in [0.29, 0.717) is 23.5 Å². The van der Waals surface area contributed by atoms with Gasteiger partial charge >= 0.3 is 12.1 Å². The second-order valence-corrected chi connectivity index (χ2v) is 14.8. The summed E-state index contributed by atoms with van der Waals surface area (Å²) < 4.78 is 22.0. The normalized spacial score (nSPS) is 20.6. The molecular weight excluding hydrogens is 700 g/mol. The third-order valence-corrected chi connectivity index (χ3v) is 9.71. The second kappa shape index (κ2) is 19.1. The number of methoxy groups -OCH3 is 2. The van der Waals surface area contributed by atoms with Crippen molar-refractivity contribution < 1.29 is 48.3 Å². The molecule has 0 radical (unpaired) electrons. The van der Waals surface area contributed by atoms with Crippen LogP contribution in [0.3, 0.4) is 0 Å². The van der Waals surface area contributed by atoms with Gasteiger partial charge in [0.1, 0.15) is 35.9 Å². The first-order valence-corrected chi connectivity index (χ1v) is 18.0. The van der Waals surface area contributed by atoms with E-state index in [1.54, 1.807) is 25.1 Å². The lowest BCUT2D eigenvalue weighted by atomic mass is 9.87. The lowest BCUT2D eigenvalue weighted by Crippen LogP contribution is -2.63. The number of benzene rings is 1. The Morgan fingerprint density at radius 1 is 1.22 bits per heavy atom. The van der Waals surface area contributed by atoms with E-state index in [2.05, 4.69) is 17.9 Å². The van der Waals surface area contributed by atoms with Crippen molar-refractivity contribution in [3.8, 4) is 5.75 Å². The summed E-state index contributed by atoms with van der Waals surface area (Å²) in [5, 5.41) is 24.8. The highest BCUT2D eigenvalue weighted by molar-refractivity contribution is 7.80. The lowest BCUT2D eigenvalue weighted by molar-refractivity contribution is -0.170. The Morgan fingerprint density at radius 3 is 2.41 bits per heavy atom. The Labute approximate surface area is 312 Å². The topological polar surface area (TPSA) is 161 Å². The Balaban J connectivity index is 2.26. The molecule has 2 rings (SSSR count). The molecule has 0 bridgehead atoms. The molecule has 1 aliphatic heterocycles. The molecule has 1 fully saturated rings. The smallest absolute Gasteiger partial charge is 0.409 e. The van der Waals surface area contributed by atoms with E-state index in [4.69, 9.17) is 30.5 Å². The molecule has 2 amide bonds. The molecule has 6 unspecified atom stereocenters. The van der Waals surface area contributed by atoms with Gasteiger partial charge in [0.15, 0.2) is 5.72 Å². The average Bonchev–Trinajstić information content (AvgIpc) is 3.04. The van der Waals surface area contributed by atoms with Crippen LogP contribution in [0.5, 0.6) is 5.75 Å². The van der Waals surface area contributed by atoms with Gasteiger partial charge in [-0.25, -0.2) is 9.59 Å². The number of hydrogen-bond acceptors (Lipinski definition) is 11. The first-order chi connectivity index (χ1) is 23.7. The van der Waals surface area contributed by atoms with E-state index in [0.717, 1.165) is 11.1 Å². The number of ether oxygens (including phenoxy) is 4. The number of amides is 2. The number of thiol groups is 1. The maximum atomic E-state index is 13.7. The van der Waals surface area contributed by atoms with Crippen LogP contribution in [0.4, 0.5) is 4.79 Å². The molecule has 0 saturated carbocycles. The molecule has 0 spiro atoms. The highest BCUT2D eigenvalue weighted by Gasteiger charge is 2.45. The van der Waals surface area contributed by atoms with E-state index in [9.17, 15) is 29.4 Å². The quantitative estimate of drug-likeness (QED) is 0.0895. The maximum absolute atomic E-state index is 13.7. The van der Waals surface area contributed by atoms with E-state index in [-0.39, 0.29) is 41.9 Å². The minimum atomic E-state index is -1.65. The molecule has 1 aromatic carbocycles. The van der Waals surface area contributed by atoms with Gasteiger partial charge in [-0.05, 0) is 63.0 Å². The summed E-state index contributed by atoms with van der Waals surface area (Å²) in [7, 11) is 4.40. The zero-order valence-corrected chi connectivity index (χ0v) is 33.0. The molecule has 3 N–H and O–H groups in total. The average molecular weight is 755 g/mol. The van der Waals surface area contributed by atoms with Gasteiger partial charge in [0, 0.05) is 39.3 Å². The van der Waals surface area contributed by atoms with Gasteiger partial charge in [0.2, 0.25) is 5.91 Å². The Hall–Kier alpha value is -3.10. The number of likely N-dealkylation sites (N-methyl/N-ethyl adjacent to an activating group) is 1. The molecule has 0 aromatic heterocycles. The molecule has 51 heavy (non-hydrogen) atoms. The predicted octanol–water partition coefficient (Wildman–Crippen LogP) is 5.16. The number of nitrogens with zero attached hydrogens (tertiary/aromatic N) is 1. The molecule has 6 atom stereocenters. The number of rotatable bonds is 18. The van der Waals surface area contributed by atoms with Crippen molar-refractivity contribution >= 4 is 48.0 Å². The van der Waals surface area contributed by atoms with E-state index in [1.165, 1.54) is 46.9 Å². The zero-order chi connectivity index (χ0) is 38.8. The number of allylic oxidation sites excluding steroid dienone is 3. The van der Waals surface area contributed by atoms with Crippen molar-refractivity contribution in [1.82, 2.24) is 10.2 Å². The summed E-state index contributed by atoms with van der Waals surface area (Å²) in [4.78, 5) is 52.3. The van der Waals surface area contributed by atoms with Gasteiger partial charge in [-0.3, -0.25) is 14.9 Å². The van der Waals surface area contributed by atoms with E-state index in [1.807, 2.05) is 32.9 Å². The number of Topliss-reactive ketones (excluding diaryl/α,β-unsaturated/α-hetero) is 1. The van der Waals surface area contributed by atoms with Gasteiger partial charge in [0.05, 0.1) is 17.7 Å². The lowest BCUT2D eigenvalue weighted by Gasteiger charge is -2.41. The fourth-order valence-electron chi connectivity index (χ4n) is 5.53. The van der Waals surface area contributed by atoms with Gasteiger partial charge in [-0.1, -0.05) is 62.2 Å². The summed E-state index contributed by atoms with van der Waals surface area (Å²) in [6.45, 7) is 11.8. The molecule has 1 aromatic rings. The summed E-state index contributed by atoms with van der Waals surface area (Å²) in [6.07, 6.45) is 2.46. The summed E-state index contributed by atoms with van der Waals surface area (Å²) in [5.41, 5.74) is -0.997. The van der Waals surface area contributed by atoms with Crippen LogP contribution < -0.4 is 10.1 Å². The number of aliphatic hydroxyl groups is 2. The Morgan fingerprint density at radius 2 is 1.86 bits per heavy atom. The van der Waals surface area contributed by atoms with Crippen molar-refractivity contribution in [2.75, 3.05) is 27.0 Å². The van der Waals surface area contributed by atoms with Crippen LogP contribution in [0.2, 0.25) is 5.02 Å². The van der Waals surface area contributed by atoms with Crippen LogP contribution in [0.1, 0.15) is 84.8 Å². The van der Waals surface area contributed by atoms with Crippen LogP contribution in [-0.4, -0.2) is 102 Å². The minimum absolute atomic E-state index is 0.00751. The number of esters is 1. The Bertz CT molecular complexity index is 1460. The van der Waals surface area contributed by atoms with Crippen molar-refractivity contribution in [1.29, 1.82) is 0 Å². The van der Waals surface area contributed by atoms with Crippen molar-refractivity contribution in [2.45, 2.75) is 116 Å². The SMILES string of the molecule is COc1cc(C/C(C)=C/C=C/C(OC)C2(O)CC(C(C)C)OC(=O)N2)cc(C(C)C(=O)CC(OC(=O)C(C)N(C)C(=O)CCS)C(C)(C)O)c1Cl. The van der Waals surface area contributed by atoms with Gasteiger partial charge in [-0.15, -0.1) is 0 Å². The van der Waals surface area contributed by atoms with Gasteiger partial charge < -0.3 is 34.1 Å². The molecule has 14 heteroatoms. The van der Waals surface area contributed by atoms with Crippen molar-refractivity contribution in [2.24, 2.45) is 5.92 Å². The molecule has 286 valence electrons. The van der Waals surface area contributed by atoms with E-state index >= 15 is 0 Å². The first-order valence-electron chi connectivity index (χ1n) is 16.9. The molecule has 1 saturated heterocycles. The van der Waals surface area contributed by atoms with Gasteiger partial charge in [-0.2, -0.15) is 12.6 Å². The zero-order valence-electron chi connectivity index (χ0n) is 31.3. The molecule has 1 aliphatic rings. The number of hydrogen-bond donors (Lipinski definition) is 4. The second-order valence-electron chi connectivity index (χ2n) is 14.0. The monoisotopic (exact) mass is 754 g/mol.